The molecule has 2 atom stereocenters. The zero-order chi connectivity index (χ0) is 12.1. The number of aryl methyl sites for hydroxylation is 2. The van der Waals surface area contributed by atoms with Crippen LogP contribution in [-0.4, -0.2) is 6.54 Å². The summed E-state index contributed by atoms with van der Waals surface area (Å²) in [5.74, 6) is 1.19. The maximum absolute atomic E-state index is 5.94. The first-order chi connectivity index (χ1) is 7.58. The van der Waals surface area contributed by atoms with Crippen LogP contribution < -0.4 is 5.73 Å². The molecule has 1 aromatic rings. The van der Waals surface area contributed by atoms with Gasteiger partial charge in [0.1, 0.15) is 0 Å². The van der Waals surface area contributed by atoms with Crippen molar-refractivity contribution in [3.8, 4) is 0 Å². The molecule has 2 unspecified atom stereocenters. The second-order valence-electron chi connectivity index (χ2n) is 5.03. The number of hydrogen-bond acceptors (Lipinski definition) is 1. The van der Waals surface area contributed by atoms with Crippen molar-refractivity contribution in [2.75, 3.05) is 6.54 Å². The lowest BCUT2D eigenvalue weighted by atomic mass is 9.83. The Labute approximate surface area is 100 Å². The quantitative estimate of drug-likeness (QED) is 0.801. The van der Waals surface area contributed by atoms with Gasteiger partial charge in [-0.25, -0.2) is 0 Å². The molecule has 0 saturated heterocycles. The van der Waals surface area contributed by atoms with Gasteiger partial charge in [0.25, 0.3) is 0 Å². The van der Waals surface area contributed by atoms with Crippen LogP contribution in [0.25, 0.3) is 0 Å². The van der Waals surface area contributed by atoms with Crippen molar-refractivity contribution in [3.63, 3.8) is 0 Å². The fourth-order valence-corrected chi connectivity index (χ4v) is 2.58. The first kappa shape index (κ1) is 13.2. The highest BCUT2D eigenvalue weighted by Gasteiger charge is 2.17. The number of hydrogen-bond donors (Lipinski definition) is 1. The summed E-state index contributed by atoms with van der Waals surface area (Å²) < 4.78 is 0. The van der Waals surface area contributed by atoms with Crippen LogP contribution >= 0.6 is 0 Å². The molecule has 1 heteroatoms. The Morgan fingerprint density at radius 1 is 1.12 bits per heavy atom. The maximum Gasteiger partial charge on any atom is -0.000566 e. The smallest absolute Gasteiger partial charge is 0.000566 e. The summed E-state index contributed by atoms with van der Waals surface area (Å²) in [4.78, 5) is 0. The lowest BCUT2D eigenvalue weighted by molar-refractivity contribution is 0.429. The summed E-state index contributed by atoms with van der Waals surface area (Å²) in [5.41, 5.74) is 10.0. The fraction of sp³-hybridized carbons (Fsp3) is 0.600. The van der Waals surface area contributed by atoms with E-state index in [2.05, 4.69) is 45.9 Å². The van der Waals surface area contributed by atoms with Crippen LogP contribution in [0.4, 0.5) is 0 Å². The molecule has 0 fully saturated rings. The normalized spacial score (nSPS) is 14.8. The van der Waals surface area contributed by atoms with E-state index in [0.717, 1.165) is 6.54 Å². The van der Waals surface area contributed by atoms with Crippen LogP contribution in [0.2, 0.25) is 0 Å². The number of benzene rings is 1. The molecule has 0 spiro atoms. The molecule has 0 amide bonds. The monoisotopic (exact) mass is 219 g/mol. The SMILES string of the molecule is CCCC(C)C(CN)c1cc(C)cc(C)c1. The van der Waals surface area contributed by atoms with Gasteiger partial charge in [0.2, 0.25) is 0 Å². The minimum absolute atomic E-state index is 0.513. The van der Waals surface area contributed by atoms with Crippen LogP contribution in [0.15, 0.2) is 18.2 Å². The van der Waals surface area contributed by atoms with Crippen LogP contribution in [0.3, 0.4) is 0 Å². The maximum atomic E-state index is 5.94. The molecule has 0 aliphatic heterocycles. The Bertz CT molecular complexity index is 310. The van der Waals surface area contributed by atoms with Gasteiger partial charge < -0.3 is 5.73 Å². The van der Waals surface area contributed by atoms with Gasteiger partial charge in [-0.15, -0.1) is 0 Å². The lowest BCUT2D eigenvalue weighted by Crippen LogP contribution is -2.19. The van der Waals surface area contributed by atoms with E-state index in [0.29, 0.717) is 11.8 Å². The summed E-state index contributed by atoms with van der Waals surface area (Å²) in [6, 6.07) is 6.80. The van der Waals surface area contributed by atoms with Crippen LogP contribution in [0.1, 0.15) is 49.3 Å². The van der Waals surface area contributed by atoms with E-state index in [1.807, 2.05) is 0 Å². The van der Waals surface area contributed by atoms with Crippen molar-refractivity contribution in [2.45, 2.75) is 46.5 Å². The van der Waals surface area contributed by atoms with Crippen molar-refractivity contribution < 1.29 is 0 Å². The Hall–Kier alpha value is -0.820. The molecular formula is C15H25N. The fourth-order valence-electron chi connectivity index (χ4n) is 2.58. The van der Waals surface area contributed by atoms with Crippen LogP contribution in [0.5, 0.6) is 0 Å². The van der Waals surface area contributed by atoms with Gasteiger partial charge in [0, 0.05) is 0 Å². The third-order valence-corrected chi connectivity index (χ3v) is 3.36. The lowest BCUT2D eigenvalue weighted by Gasteiger charge is -2.23. The van der Waals surface area contributed by atoms with E-state index < -0.39 is 0 Å². The molecule has 0 bridgehead atoms. The van der Waals surface area contributed by atoms with Gasteiger partial charge in [0.05, 0.1) is 0 Å². The van der Waals surface area contributed by atoms with Gasteiger partial charge in [0.15, 0.2) is 0 Å². The highest BCUT2D eigenvalue weighted by atomic mass is 14.6. The van der Waals surface area contributed by atoms with E-state index in [1.54, 1.807) is 0 Å². The zero-order valence-electron chi connectivity index (χ0n) is 11.1. The Kier molecular flexibility index (Phi) is 5.01. The van der Waals surface area contributed by atoms with Crippen LogP contribution in [0, 0.1) is 19.8 Å². The van der Waals surface area contributed by atoms with E-state index >= 15 is 0 Å². The molecule has 1 nitrogen and oxygen atoms in total. The number of rotatable bonds is 5. The largest absolute Gasteiger partial charge is 0.330 e. The standard InChI is InChI=1S/C15H25N/c1-5-6-13(4)15(10-16)14-8-11(2)7-12(3)9-14/h7-9,13,15H,5-6,10,16H2,1-4H3. The van der Waals surface area contributed by atoms with Gasteiger partial charge >= 0.3 is 0 Å². The predicted molar refractivity (Wildman–Crippen MR) is 71.8 cm³/mol. The van der Waals surface area contributed by atoms with E-state index in [1.165, 1.54) is 29.5 Å². The molecule has 0 radical (unpaired) electrons. The summed E-state index contributed by atoms with van der Waals surface area (Å²) in [5, 5.41) is 0. The van der Waals surface area contributed by atoms with Gasteiger partial charge in [-0.2, -0.15) is 0 Å². The Morgan fingerprint density at radius 3 is 2.12 bits per heavy atom. The second-order valence-corrected chi connectivity index (χ2v) is 5.03. The highest BCUT2D eigenvalue weighted by molar-refractivity contribution is 5.31. The Morgan fingerprint density at radius 2 is 1.69 bits per heavy atom. The third-order valence-electron chi connectivity index (χ3n) is 3.36. The summed E-state index contributed by atoms with van der Waals surface area (Å²) in [6.07, 6.45) is 2.50. The molecule has 1 aromatic carbocycles. The highest BCUT2D eigenvalue weighted by Crippen LogP contribution is 2.28. The minimum Gasteiger partial charge on any atom is -0.330 e. The van der Waals surface area contributed by atoms with Crippen molar-refractivity contribution in [2.24, 2.45) is 11.7 Å². The molecule has 16 heavy (non-hydrogen) atoms. The minimum atomic E-state index is 0.513. The molecule has 0 saturated carbocycles. The third kappa shape index (κ3) is 3.34. The molecule has 1 rings (SSSR count). The summed E-state index contributed by atoms with van der Waals surface area (Å²) in [6.45, 7) is 9.64. The van der Waals surface area contributed by atoms with E-state index in [-0.39, 0.29) is 0 Å². The van der Waals surface area contributed by atoms with Crippen molar-refractivity contribution in [3.05, 3.63) is 34.9 Å². The van der Waals surface area contributed by atoms with Crippen LogP contribution in [-0.2, 0) is 0 Å². The van der Waals surface area contributed by atoms with Crippen molar-refractivity contribution in [1.29, 1.82) is 0 Å². The molecule has 90 valence electrons. The van der Waals surface area contributed by atoms with Crippen molar-refractivity contribution in [1.82, 2.24) is 0 Å². The van der Waals surface area contributed by atoms with Crippen molar-refractivity contribution >= 4 is 0 Å². The summed E-state index contributed by atoms with van der Waals surface area (Å²) >= 11 is 0. The molecule has 0 aliphatic rings. The molecular weight excluding hydrogens is 194 g/mol. The van der Waals surface area contributed by atoms with Gasteiger partial charge in [-0.05, 0) is 37.8 Å². The predicted octanol–water partition coefficient (Wildman–Crippen LogP) is 3.78. The number of nitrogens with two attached hydrogens (primary N) is 1. The van der Waals surface area contributed by atoms with E-state index in [9.17, 15) is 0 Å². The molecule has 0 aliphatic carbocycles. The molecule has 2 N–H and O–H groups in total. The van der Waals surface area contributed by atoms with E-state index in [4.69, 9.17) is 5.73 Å². The molecule has 0 aromatic heterocycles. The van der Waals surface area contributed by atoms with Gasteiger partial charge in [-0.1, -0.05) is 56.0 Å². The van der Waals surface area contributed by atoms with Gasteiger partial charge in [-0.3, -0.25) is 0 Å². The molecule has 0 heterocycles. The average Bonchev–Trinajstić information content (AvgIpc) is 2.17. The first-order valence-corrected chi connectivity index (χ1v) is 6.36. The average molecular weight is 219 g/mol. The topological polar surface area (TPSA) is 26.0 Å². The Balaban J connectivity index is 2.94. The summed E-state index contributed by atoms with van der Waals surface area (Å²) in [7, 11) is 0. The second kappa shape index (κ2) is 6.05. The first-order valence-electron chi connectivity index (χ1n) is 6.36. The zero-order valence-corrected chi connectivity index (χ0v) is 11.1.